The maximum atomic E-state index is 12.8. The molecular weight excluding hydrogens is 322 g/mol. The van der Waals surface area contributed by atoms with Crippen molar-refractivity contribution < 1.29 is 23.7 Å². The van der Waals surface area contributed by atoms with Gasteiger partial charge in [0.25, 0.3) is 5.91 Å². The van der Waals surface area contributed by atoms with Gasteiger partial charge < -0.3 is 24.3 Å². The Bertz CT molecular complexity index is 787. The maximum Gasteiger partial charge on any atom is 0.252 e. The lowest BCUT2D eigenvalue weighted by atomic mass is 10.00. The quantitative estimate of drug-likeness (QED) is 0.930. The van der Waals surface area contributed by atoms with E-state index >= 15 is 0 Å². The van der Waals surface area contributed by atoms with Crippen molar-refractivity contribution in [1.82, 2.24) is 5.32 Å². The number of hydrogen-bond acceptors (Lipinski definition) is 5. The number of rotatable bonds is 3. The highest BCUT2D eigenvalue weighted by molar-refractivity contribution is 5.96. The minimum absolute atomic E-state index is 0.0864. The van der Waals surface area contributed by atoms with E-state index in [9.17, 15) is 4.79 Å². The third-order valence-corrected chi connectivity index (χ3v) is 4.35. The normalized spacial score (nSPS) is 17.9. The van der Waals surface area contributed by atoms with E-state index in [-0.39, 0.29) is 11.9 Å². The lowest BCUT2D eigenvalue weighted by Gasteiger charge is -2.27. The smallest absolute Gasteiger partial charge is 0.252 e. The van der Waals surface area contributed by atoms with Gasteiger partial charge in [-0.1, -0.05) is 18.2 Å². The van der Waals surface area contributed by atoms with Gasteiger partial charge in [-0.05, 0) is 18.2 Å². The molecule has 0 saturated heterocycles. The van der Waals surface area contributed by atoms with E-state index < -0.39 is 0 Å². The van der Waals surface area contributed by atoms with Crippen LogP contribution in [0.25, 0.3) is 0 Å². The summed E-state index contributed by atoms with van der Waals surface area (Å²) in [4.78, 5) is 12.8. The van der Waals surface area contributed by atoms with Gasteiger partial charge in [-0.15, -0.1) is 0 Å². The van der Waals surface area contributed by atoms with E-state index in [1.807, 2.05) is 24.3 Å². The number of hydrogen-bond donors (Lipinski definition) is 1. The molecule has 1 atom stereocenters. The molecule has 1 amide bonds. The van der Waals surface area contributed by atoms with Crippen molar-refractivity contribution in [3.8, 4) is 23.0 Å². The van der Waals surface area contributed by atoms with E-state index in [0.29, 0.717) is 42.6 Å². The lowest BCUT2D eigenvalue weighted by Crippen LogP contribution is -2.32. The highest BCUT2D eigenvalue weighted by atomic mass is 16.6. The summed E-state index contributed by atoms with van der Waals surface area (Å²) in [5, 5.41) is 3.08. The molecule has 2 heterocycles. The van der Waals surface area contributed by atoms with E-state index in [4.69, 9.17) is 18.9 Å². The van der Waals surface area contributed by atoms with Crippen LogP contribution in [0.15, 0.2) is 36.4 Å². The highest BCUT2D eigenvalue weighted by Gasteiger charge is 2.25. The minimum Gasteiger partial charge on any atom is -0.493 e. The fraction of sp³-hybridized carbons (Fsp3) is 0.316. The summed E-state index contributed by atoms with van der Waals surface area (Å²) in [6.45, 7) is 1.49. The Balaban J connectivity index is 1.60. The molecular formula is C19H19NO5. The van der Waals surface area contributed by atoms with Crippen LogP contribution >= 0.6 is 0 Å². The summed E-state index contributed by atoms with van der Waals surface area (Å²) in [7, 11) is 1.55. The molecule has 1 N–H and O–H groups in total. The SMILES string of the molecule is COc1cc(C(=O)N[C@@H]2CCOc3ccccc32)cc2c1OCCO2. The van der Waals surface area contributed by atoms with Gasteiger partial charge >= 0.3 is 0 Å². The summed E-state index contributed by atoms with van der Waals surface area (Å²) in [6, 6.07) is 11.0. The van der Waals surface area contributed by atoms with Crippen molar-refractivity contribution in [3.05, 3.63) is 47.5 Å². The molecule has 25 heavy (non-hydrogen) atoms. The van der Waals surface area contributed by atoms with Gasteiger partial charge in [-0.25, -0.2) is 0 Å². The van der Waals surface area contributed by atoms with Crippen LogP contribution in [-0.2, 0) is 0 Å². The van der Waals surface area contributed by atoms with Crippen molar-refractivity contribution in [2.24, 2.45) is 0 Å². The number of methoxy groups -OCH3 is 1. The molecule has 2 aromatic rings. The molecule has 6 heteroatoms. The third-order valence-electron chi connectivity index (χ3n) is 4.35. The average molecular weight is 341 g/mol. The van der Waals surface area contributed by atoms with Gasteiger partial charge in [0.15, 0.2) is 11.5 Å². The molecule has 0 saturated carbocycles. The first-order valence-corrected chi connectivity index (χ1v) is 8.26. The fourth-order valence-corrected chi connectivity index (χ4v) is 3.14. The van der Waals surface area contributed by atoms with Gasteiger partial charge in [0.2, 0.25) is 5.75 Å². The van der Waals surface area contributed by atoms with Crippen LogP contribution in [0.5, 0.6) is 23.0 Å². The molecule has 130 valence electrons. The Morgan fingerprint density at radius 3 is 2.76 bits per heavy atom. The summed E-state index contributed by atoms with van der Waals surface area (Å²) in [5.41, 5.74) is 1.47. The molecule has 2 aromatic carbocycles. The van der Waals surface area contributed by atoms with Crippen molar-refractivity contribution in [2.45, 2.75) is 12.5 Å². The summed E-state index contributed by atoms with van der Waals surface area (Å²) in [6.07, 6.45) is 0.727. The highest BCUT2D eigenvalue weighted by Crippen LogP contribution is 2.40. The first kappa shape index (κ1) is 15.6. The number of benzene rings is 2. The Kier molecular flexibility index (Phi) is 4.09. The van der Waals surface area contributed by atoms with E-state index in [2.05, 4.69) is 5.32 Å². The maximum absolute atomic E-state index is 12.8. The van der Waals surface area contributed by atoms with Crippen LogP contribution in [0.4, 0.5) is 0 Å². The number of carbonyl (C=O) groups is 1. The predicted molar refractivity (Wildman–Crippen MR) is 90.7 cm³/mol. The zero-order valence-electron chi connectivity index (χ0n) is 13.9. The van der Waals surface area contributed by atoms with Crippen LogP contribution in [0.1, 0.15) is 28.4 Å². The van der Waals surface area contributed by atoms with Crippen LogP contribution < -0.4 is 24.3 Å². The Morgan fingerprint density at radius 1 is 1.08 bits per heavy atom. The molecule has 0 aliphatic carbocycles. The second-order valence-corrected chi connectivity index (χ2v) is 5.90. The monoisotopic (exact) mass is 341 g/mol. The fourth-order valence-electron chi connectivity index (χ4n) is 3.14. The average Bonchev–Trinajstić information content (AvgIpc) is 2.67. The minimum atomic E-state index is -0.183. The largest absolute Gasteiger partial charge is 0.493 e. The van der Waals surface area contributed by atoms with Gasteiger partial charge in [-0.3, -0.25) is 4.79 Å². The molecule has 0 spiro atoms. The number of ether oxygens (including phenoxy) is 4. The van der Waals surface area contributed by atoms with Crippen molar-refractivity contribution >= 4 is 5.91 Å². The predicted octanol–water partition coefficient (Wildman–Crippen LogP) is 2.72. The molecule has 0 fully saturated rings. The second-order valence-electron chi connectivity index (χ2n) is 5.90. The lowest BCUT2D eigenvalue weighted by molar-refractivity contribution is 0.0923. The molecule has 0 aromatic heterocycles. The summed E-state index contributed by atoms with van der Waals surface area (Å²) in [5.74, 6) is 2.20. The second kappa shape index (κ2) is 6.55. The van der Waals surface area contributed by atoms with Gasteiger partial charge in [0, 0.05) is 17.5 Å². The Labute approximate surface area is 145 Å². The summed E-state index contributed by atoms with van der Waals surface area (Å²) < 4.78 is 22.2. The van der Waals surface area contributed by atoms with Crippen LogP contribution in [0.2, 0.25) is 0 Å². The van der Waals surface area contributed by atoms with Crippen LogP contribution in [-0.4, -0.2) is 32.8 Å². The topological polar surface area (TPSA) is 66.0 Å². The first-order valence-electron chi connectivity index (χ1n) is 8.26. The first-order chi connectivity index (χ1) is 12.3. The molecule has 0 radical (unpaired) electrons. The number of nitrogens with one attached hydrogen (secondary N) is 1. The standard InChI is InChI=1S/C19H19NO5/c1-22-16-10-12(11-17-18(16)25-9-8-24-17)19(21)20-14-6-7-23-15-5-3-2-4-13(14)15/h2-5,10-11,14H,6-9H2,1H3,(H,20,21)/t14-/m1/s1. The number of amides is 1. The van der Waals surface area contributed by atoms with Gasteiger partial charge in [-0.2, -0.15) is 0 Å². The Hall–Kier alpha value is -2.89. The van der Waals surface area contributed by atoms with Crippen molar-refractivity contribution in [3.63, 3.8) is 0 Å². The molecule has 6 nitrogen and oxygen atoms in total. The molecule has 0 bridgehead atoms. The molecule has 2 aliphatic rings. The molecule has 2 aliphatic heterocycles. The van der Waals surface area contributed by atoms with E-state index in [0.717, 1.165) is 17.7 Å². The number of fused-ring (bicyclic) bond motifs is 2. The summed E-state index contributed by atoms with van der Waals surface area (Å²) >= 11 is 0. The van der Waals surface area contributed by atoms with E-state index in [1.54, 1.807) is 19.2 Å². The van der Waals surface area contributed by atoms with Crippen LogP contribution in [0, 0.1) is 0 Å². The number of carbonyl (C=O) groups excluding carboxylic acids is 1. The van der Waals surface area contributed by atoms with Crippen molar-refractivity contribution in [1.29, 1.82) is 0 Å². The van der Waals surface area contributed by atoms with Gasteiger partial charge in [0.1, 0.15) is 19.0 Å². The van der Waals surface area contributed by atoms with Crippen molar-refractivity contribution in [2.75, 3.05) is 26.9 Å². The zero-order valence-corrected chi connectivity index (χ0v) is 13.9. The molecule has 4 rings (SSSR count). The molecule has 0 unspecified atom stereocenters. The van der Waals surface area contributed by atoms with E-state index in [1.165, 1.54) is 0 Å². The van der Waals surface area contributed by atoms with Gasteiger partial charge in [0.05, 0.1) is 19.8 Å². The Morgan fingerprint density at radius 2 is 1.88 bits per heavy atom. The third kappa shape index (κ3) is 2.95. The number of para-hydroxylation sites is 1. The van der Waals surface area contributed by atoms with Crippen LogP contribution in [0.3, 0.4) is 0 Å². The zero-order chi connectivity index (χ0) is 17.2.